The van der Waals surface area contributed by atoms with Gasteiger partial charge >= 0.3 is 0 Å². The van der Waals surface area contributed by atoms with Gasteiger partial charge in [-0.3, -0.25) is 9.59 Å². The normalized spacial score (nSPS) is 18.0. The van der Waals surface area contributed by atoms with E-state index in [1.165, 1.54) is 5.70 Å². The van der Waals surface area contributed by atoms with Crippen molar-refractivity contribution < 1.29 is 9.59 Å². The van der Waals surface area contributed by atoms with Crippen LogP contribution in [0.4, 0.5) is 0 Å². The predicted molar refractivity (Wildman–Crippen MR) is 95.2 cm³/mol. The first-order chi connectivity index (χ1) is 12.7. The van der Waals surface area contributed by atoms with Gasteiger partial charge in [0.1, 0.15) is 6.33 Å². The van der Waals surface area contributed by atoms with Crippen LogP contribution in [0.2, 0.25) is 0 Å². The minimum atomic E-state index is -0.177. The van der Waals surface area contributed by atoms with Crippen molar-refractivity contribution in [3.8, 4) is 0 Å². The van der Waals surface area contributed by atoms with Gasteiger partial charge in [0, 0.05) is 41.5 Å². The van der Waals surface area contributed by atoms with Gasteiger partial charge in [0.15, 0.2) is 11.6 Å². The zero-order valence-electron chi connectivity index (χ0n) is 14.0. The molecule has 0 saturated carbocycles. The van der Waals surface area contributed by atoms with Gasteiger partial charge in [0.2, 0.25) is 0 Å². The molecule has 0 unspecified atom stereocenters. The van der Waals surface area contributed by atoms with Crippen molar-refractivity contribution in [2.45, 2.75) is 19.5 Å². The highest BCUT2D eigenvalue weighted by Gasteiger charge is 2.33. The molecule has 2 heterocycles. The molecule has 0 N–H and O–H groups in total. The standard InChI is InChI=1S/C21H15N3O2/c25-20-16-3-1-2-4-17(16)21(26)18(20)8-13-5-6-15(7-13)24-10-14-9-22-12-23-19(14)11-24/h1-6,8-9,12H,7,10-11H2. The van der Waals surface area contributed by atoms with Crippen molar-refractivity contribution in [3.63, 3.8) is 0 Å². The summed E-state index contributed by atoms with van der Waals surface area (Å²) in [5.74, 6) is -0.354. The molecule has 0 saturated heterocycles. The number of hydrogen-bond acceptors (Lipinski definition) is 5. The van der Waals surface area contributed by atoms with Gasteiger partial charge in [0.25, 0.3) is 0 Å². The maximum atomic E-state index is 12.5. The second-order valence-corrected chi connectivity index (χ2v) is 6.69. The minimum absolute atomic E-state index is 0.177. The van der Waals surface area contributed by atoms with Crippen LogP contribution in [0.15, 0.2) is 71.9 Å². The summed E-state index contributed by atoms with van der Waals surface area (Å²) in [6.07, 6.45) is 9.94. The lowest BCUT2D eigenvalue weighted by Crippen LogP contribution is -2.15. The molecule has 0 spiro atoms. The number of ketones is 2. The molecule has 1 aliphatic heterocycles. The van der Waals surface area contributed by atoms with Crippen LogP contribution < -0.4 is 0 Å². The molecule has 26 heavy (non-hydrogen) atoms. The highest BCUT2D eigenvalue weighted by molar-refractivity contribution is 6.39. The summed E-state index contributed by atoms with van der Waals surface area (Å²) in [5.41, 5.74) is 5.63. The molecule has 0 radical (unpaired) electrons. The summed E-state index contributed by atoms with van der Waals surface area (Å²) >= 11 is 0. The summed E-state index contributed by atoms with van der Waals surface area (Å²) in [4.78, 5) is 35.7. The highest BCUT2D eigenvalue weighted by Crippen LogP contribution is 2.33. The third kappa shape index (κ3) is 2.24. The van der Waals surface area contributed by atoms with E-state index in [0.717, 1.165) is 29.9 Å². The second kappa shape index (κ2) is 5.59. The molecule has 0 bridgehead atoms. The van der Waals surface area contributed by atoms with E-state index >= 15 is 0 Å². The highest BCUT2D eigenvalue weighted by atomic mass is 16.2. The fourth-order valence-electron chi connectivity index (χ4n) is 3.74. The molecule has 5 heteroatoms. The molecule has 126 valence electrons. The molecule has 1 aromatic carbocycles. The van der Waals surface area contributed by atoms with Gasteiger partial charge < -0.3 is 4.90 Å². The molecule has 1 aromatic heterocycles. The Morgan fingerprint density at radius 3 is 2.50 bits per heavy atom. The van der Waals surface area contributed by atoms with Crippen molar-refractivity contribution >= 4 is 11.6 Å². The van der Waals surface area contributed by atoms with Crippen molar-refractivity contribution in [1.29, 1.82) is 0 Å². The number of Topliss-reactive ketones (excluding diaryl/α,β-unsaturated/α-hetero) is 2. The Hall–Kier alpha value is -3.34. The van der Waals surface area contributed by atoms with Gasteiger partial charge in [0.05, 0.1) is 17.8 Å². The summed E-state index contributed by atoms with van der Waals surface area (Å²) in [6, 6.07) is 7.00. The van der Waals surface area contributed by atoms with Gasteiger partial charge in [-0.1, -0.05) is 30.3 Å². The maximum absolute atomic E-state index is 12.5. The lowest BCUT2D eigenvalue weighted by molar-refractivity contribution is 0.0988. The second-order valence-electron chi connectivity index (χ2n) is 6.69. The number of fused-ring (bicyclic) bond motifs is 2. The molecule has 2 aromatic rings. The Morgan fingerprint density at radius 2 is 1.77 bits per heavy atom. The first-order valence-corrected chi connectivity index (χ1v) is 8.53. The van der Waals surface area contributed by atoms with Crippen LogP contribution in [-0.2, 0) is 13.1 Å². The summed E-state index contributed by atoms with van der Waals surface area (Å²) < 4.78 is 0. The van der Waals surface area contributed by atoms with Gasteiger partial charge in [-0.25, -0.2) is 9.97 Å². The van der Waals surface area contributed by atoms with E-state index in [-0.39, 0.29) is 17.1 Å². The van der Waals surface area contributed by atoms with Crippen LogP contribution in [0, 0.1) is 0 Å². The van der Waals surface area contributed by atoms with E-state index in [1.807, 2.05) is 12.3 Å². The number of carbonyl (C=O) groups is 2. The average molecular weight is 341 g/mol. The zero-order chi connectivity index (χ0) is 17.7. The van der Waals surface area contributed by atoms with E-state index in [0.29, 0.717) is 17.5 Å². The molecular formula is C21H15N3O2. The van der Waals surface area contributed by atoms with Gasteiger partial charge in [-0.05, 0) is 17.7 Å². The summed E-state index contributed by atoms with van der Waals surface area (Å²) in [6.45, 7) is 1.56. The van der Waals surface area contributed by atoms with E-state index in [2.05, 4.69) is 20.9 Å². The van der Waals surface area contributed by atoms with Gasteiger partial charge in [-0.2, -0.15) is 0 Å². The fourth-order valence-corrected chi connectivity index (χ4v) is 3.74. The van der Waals surface area contributed by atoms with Crippen LogP contribution in [-0.4, -0.2) is 26.4 Å². The first-order valence-electron chi connectivity index (χ1n) is 8.53. The molecule has 5 rings (SSSR count). The van der Waals surface area contributed by atoms with Crippen LogP contribution in [0.5, 0.6) is 0 Å². The molecule has 2 aliphatic carbocycles. The topological polar surface area (TPSA) is 63.2 Å². The quantitative estimate of drug-likeness (QED) is 0.621. The molecule has 5 nitrogen and oxygen atoms in total. The fraction of sp³-hybridized carbons (Fsp3) is 0.143. The van der Waals surface area contributed by atoms with E-state index in [4.69, 9.17) is 0 Å². The Bertz CT molecular complexity index is 1000. The third-order valence-corrected chi connectivity index (χ3v) is 5.10. The SMILES string of the molecule is O=C1C(=CC2=CC=C(N3Cc4cncnc4C3)C2)C(=O)c2ccccc21. The largest absolute Gasteiger partial charge is 0.364 e. The number of benzene rings is 1. The predicted octanol–water partition coefficient (Wildman–Crippen LogP) is 3.01. The number of carbonyl (C=O) groups excluding carboxylic acids is 2. The molecule has 0 amide bonds. The van der Waals surface area contributed by atoms with E-state index in [9.17, 15) is 9.59 Å². The van der Waals surface area contributed by atoms with Crippen LogP contribution in [0.25, 0.3) is 0 Å². The number of rotatable bonds is 2. The van der Waals surface area contributed by atoms with Crippen molar-refractivity contribution in [3.05, 3.63) is 94.2 Å². The Balaban J connectivity index is 1.34. The zero-order valence-corrected chi connectivity index (χ0v) is 14.0. The molecule has 0 fully saturated rings. The molecule has 0 atom stereocenters. The first kappa shape index (κ1) is 15.0. The van der Waals surface area contributed by atoms with Crippen molar-refractivity contribution in [2.24, 2.45) is 0 Å². The Kier molecular flexibility index (Phi) is 3.22. The van der Waals surface area contributed by atoms with E-state index in [1.54, 1.807) is 36.7 Å². The van der Waals surface area contributed by atoms with Crippen LogP contribution >= 0.6 is 0 Å². The Morgan fingerprint density at radius 1 is 1.00 bits per heavy atom. The van der Waals surface area contributed by atoms with Crippen molar-refractivity contribution in [2.75, 3.05) is 0 Å². The molecule has 3 aliphatic rings. The monoisotopic (exact) mass is 341 g/mol. The minimum Gasteiger partial charge on any atom is -0.364 e. The number of aromatic nitrogens is 2. The maximum Gasteiger partial charge on any atom is 0.197 e. The lowest BCUT2D eigenvalue weighted by Gasteiger charge is -2.19. The third-order valence-electron chi connectivity index (χ3n) is 5.10. The number of allylic oxidation sites excluding steroid dienone is 5. The van der Waals surface area contributed by atoms with Gasteiger partial charge in [-0.15, -0.1) is 0 Å². The number of hydrogen-bond donors (Lipinski definition) is 0. The average Bonchev–Trinajstić information content (AvgIpc) is 3.36. The van der Waals surface area contributed by atoms with Crippen LogP contribution in [0.1, 0.15) is 38.4 Å². The smallest absolute Gasteiger partial charge is 0.197 e. The summed E-state index contributed by atoms with van der Waals surface area (Å²) in [5, 5.41) is 0. The Labute approximate surface area is 150 Å². The van der Waals surface area contributed by atoms with Crippen LogP contribution in [0.3, 0.4) is 0 Å². The number of nitrogens with zero attached hydrogens (tertiary/aromatic N) is 3. The van der Waals surface area contributed by atoms with Crippen molar-refractivity contribution in [1.82, 2.24) is 14.9 Å². The summed E-state index contributed by atoms with van der Waals surface area (Å²) in [7, 11) is 0. The lowest BCUT2D eigenvalue weighted by atomic mass is 10.1. The van der Waals surface area contributed by atoms with E-state index < -0.39 is 0 Å². The molecular weight excluding hydrogens is 326 g/mol.